The molecule has 6 heteroatoms. The lowest BCUT2D eigenvalue weighted by Crippen LogP contribution is -2.47. The lowest BCUT2D eigenvalue weighted by molar-refractivity contribution is 0.0212. The Kier molecular flexibility index (Phi) is 8.52. The van der Waals surface area contributed by atoms with Crippen LogP contribution in [0.15, 0.2) is 24.5 Å². The van der Waals surface area contributed by atoms with Crippen LogP contribution in [0, 0.1) is 5.92 Å². The summed E-state index contributed by atoms with van der Waals surface area (Å²) in [5.74, 6) is 0.705. The zero-order valence-corrected chi connectivity index (χ0v) is 13.9. The van der Waals surface area contributed by atoms with Crippen LogP contribution in [-0.4, -0.2) is 49.3 Å². The molecule has 0 amide bonds. The quantitative estimate of drug-likeness (QED) is 0.920. The molecule has 0 saturated carbocycles. The number of hydrogen-bond donors (Lipinski definition) is 1. The molecule has 0 bridgehead atoms. The van der Waals surface area contributed by atoms with E-state index in [1.807, 2.05) is 12.4 Å². The Hall–Kier alpha value is -0.390. The second-order valence-corrected chi connectivity index (χ2v) is 5.47. The molecular weight excluding hydrogens is 309 g/mol. The van der Waals surface area contributed by atoms with Gasteiger partial charge in [0.05, 0.1) is 0 Å². The molecule has 4 nitrogen and oxygen atoms in total. The van der Waals surface area contributed by atoms with Crippen LogP contribution in [0.2, 0.25) is 0 Å². The molecule has 1 aromatic rings. The summed E-state index contributed by atoms with van der Waals surface area (Å²) in [5.41, 5.74) is 1.37. The van der Waals surface area contributed by atoms with Gasteiger partial charge >= 0.3 is 0 Å². The molecule has 0 radical (unpaired) electrons. The number of piperazine rings is 1. The zero-order chi connectivity index (χ0) is 12.9. The number of pyridine rings is 1. The highest BCUT2D eigenvalue weighted by Crippen LogP contribution is 2.34. The lowest BCUT2D eigenvalue weighted by atomic mass is 9.86. The number of hydrogen-bond acceptors (Lipinski definition) is 4. The van der Waals surface area contributed by atoms with Crippen molar-refractivity contribution in [3.8, 4) is 0 Å². The first-order valence-corrected chi connectivity index (χ1v) is 7.37. The van der Waals surface area contributed by atoms with Gasteiger partial charge in [-0.25, -0.2) is 0 Å². The Balaban J connectivity index is 0.00000110. The molecule has 2 fully saturated rings. The first-order valence-electron chi connectivity index (χ1n) is 7.37. The fourth-order valence-corrected chi connectivity index (χ4v) is 3.32. The van der Waals surface area contributed by atoms with Gasteiger partial charge in [-0.3, -0.25) is 9.88 Å². The second-order valence-electron chi connectivity index (χ2n) is 5.47. The molecule has 1 atom stereocenters. The summed E-state index contributed by atoms with van der Waals surface area (Å²) in [6, 6.07) is 4.80. The van der Waals surface area contributed by atoms with Crippen molar-refractivity contribution in [2.45, 2.75) is 18.9 Å². The standard InChI is InChI=1S/C15H23N3O.2ClH/c1-2-14(12-17-5-1)15(13-3-10-19-11-4-13)18-8-6-16-7-9-18;;/h1-2,5,12-13,15-16H,3-4,6-11H2;2*1H. The van der Waals surface area contributed by atoms with Crippen molar-refractivity contribution in [3.63, 3.8) is 0 Å². The van der Waals surface area contributed by atoms with E-state index in [9.17, 15) is 0 Å². The molecule has 1 unspecified atom stereocenters. The maximum absolute atomic E-state index is 5.53. The first kappa shape index (κ1) is 18.7. The number of ether oxygens (including phenoxy) is 1. The Morgan fingerprint density at radius 3 is 2.52 bits per heavy atom. The van der Waals surface area contributed by atoms with Crippen LogP contribution in [0.25, 0.3) is 0 Å². The molecule has 1 aromatic heterocycles. The van der Waals surface area contributed by atoms with Crippen molar-refractivity contribution in [3.05, 3.63) is 30.1 Å². The molecule has 0 aromatic carbocycles. The summed E-state index contributed by atoms with van der Waals surface area (Å²) in [6.45, 7) is 6.29. The Bertz CT molecular complexity index is 364. The summed E-state index contributed by atoms with van der Waals surface area (Å²) in [6.07, 6.45) is 6.25. The number of aromatic nitrogens is 1. The summed E-state index contributed by atoms with van der Waals surface area (Å²) >= 11 is 0. The van der Waals surface area contributed by atoms with E-state index < -0.39 is 0 Å². The SMILES string of the molecule is Cl.Cl.c1cncc(C(C2CCOCC2)N2CCNCC2)c1. The molecule has 1 N–H and O–H groups in total. The van der Waals surface area contributed by atoms with E-state index in [2.05, 4.69) is 27.3 Å². The van der Waals surface area contributed by atoms with E-state index in [4.69, 9.17) is 4.74 Å². The summed E-state index contributed by atoms with van der Waals surface area (Å²) in [7, 11) is 0. The Morgan fingerprint density at radius 1 is 1.19 bits per heavy atom. The largest absolute Gasteiger partial charge is 0.381 e. The summed E-state index contributed by atoms with van der Waals surface area (Å²) in [5, 5.41) is 3.44. The van der Waals surface area contributed by atoms with Crippen LogP contribution < -0.4 is 5.32 Å². The molecule has 120 valence electrons. The smallest absolute Gasteiger partial charge is 0.0469 e. The van der Waals surface area contributed by atoms with Crippen LogP contribution in [0.4, 0.5) is 0 Å². The molecule has 2 aliphatic heterocycles. The molecule has 2 saturated heterocycles. The average Bonchev–Trinajstić information content (AvgIpc) is 2.51. The normalized spacial score (nSPS) is 21.9. The summed E-state index contributed by atoms with van der Waals surface area (Å²) in [4.78, 5) is 6.95. The van der Waals surface area contributed by atoms with E-state index >= 15 is 0 Å². The van der Waals surface area contributed by atoms with E-state index in [1.165, 1.54) is 18.4 Å². The average molecular weight is 334 g/mol. The van der Waals surface area contributed by atoms with Crippen LogP contribution in [0.5, 0.6) is 0 Å². The maximum atomic E-state index is 5.53. The highest BCUT2D eigenvalue weighted by molar-refractivity contribution is 5.85. The van der Waals surface area contributed by atoms with Crippen molar-refractivity contribution in [2.75, 3.05) is 39.4 Å². The number of nitrogens with zero attached hydrogens (tertiary/aromatic N) is 2. The van der Waals surface area contributed by atoms with Crippen molar-refractivity contribution >= 4 is 24.8 Å². The first-order chi connectivity index (χ1) is 9.45. The van der Waals surface area contributed by atoms with Gasteiger partial charge in [0, 0.05) is 57.8 Å². The van der Waals surface area contributed by atoms with Crippen molar-refractivity contribution in [1.29, 1.82) is 0 Å². The molecule has 21 heavy (non-hydrogen) atoms. The predicted molar refractivity (Wildman–Crippen MR) is 89.5 cm³/mol. The van der Waals surface area contributed by atoms with Crippen LogP contribution >= 0.6 is 24.8 Å². The number of nitrogens with one attached hydrogen (secondary N) is 1. The fraction of sp³-hybridized carbons (Fsp3) is 0.667. The van der Waals surface area contributed by atoms with Gasteiger partial charge in [0.1, 0.15) is 0 Å². The van der Waals surface area contributed by atoms with Gasteiger partial charge < -0.3 is 10.1 Å². The molecule has 3 heterocycles. The minimum absolute atomic E-state index is 0. The van der Waals surface area contributed by atoms with E-state index in [0.29, 0.717) is 12.0 Å². The number of halogens is 2. The van der Waals surface area contributed by atoms with E-state index in [-0.39, 0.29) is 24.8 Å². The maximum Gasteiger partial charge on any atom is 0.0469 e. The van der Waals surface area contributed by atoms with Gasteiger partial charge in [-0.05, 0) is 30.4 Å². The van der Waals surface area contributed by atoms with Crippen molar-refractivity contribution in [2.24, 2.45) is 5.92 Å². The topological polar surface area (TPSA) is 37.4 Å². The Labute approximate surface area is 139 Å². The molecular formula is C15H25Cl2N3O. The van der Waals surface area contributed by atoms with Crippen LogP contribution in [0.3, 0.4) is 0 Å². The van der Waals surface area contributed by atoms with Crippen LogP contribution in [-0.2, 0) is 4.74 Å². The van der Waals surface area contributed by atoms with Gasteiger partial charge in [-0.15, -0.1) is 24.8 Å². The van der Waals surface area contributed by atoms with Crippen molar-refractivity contribution in [1.82, 2.24) is 15.2 Å². The van der Waals surface area contributed by atoms with E-state index in [1.54, 1.807) is 0 Å². The predicted octanol–water partition coefficient (Wildman–Crippen LogP) is 2.30. The Morgan fingerprint density at radius 2 is 1.90 bits per heavy atom. The third-order valence-electron chi connectivity index (χ3n) is 4.28. The minimum Gasteiger partial charge on any atom is -0.381 e. The highest BCUT2D eigenvalue weighted by Gasteiger charge is 2.31. The molecule has 3 rings (SSSR count). The highest BCUT2D eigenvalue weighted by atomic mass is 35.5. The van der Waals surface area contributed by atoms with Gasteiger partial charge in [-0.1, -0.05) is 6.07 Å². The zero-order valence-electron chi connectivity index (χ0n) is 12.2. The molecule has 0 aliphatic carbocycles. The van der Waals surface area contributed by atoms with Gasteiger partial charge in [0.25, 0.3) is 0 Å². The van der Waals surface area contributed by atoms with Crippen LogP contribution in [0.1, 0.15) is 24.4 Å². The third kappa shape index (κ3) is 4.80. The van der Waals surface area contributed by atoms with Gasteiger partial charge in [0.2, 0.25) is 0 Å². The monoisotopic (exact) mass is 333 g/mol. The third-order valence-corrected chi connectivity index (χ3v) is 4.28. The van der Waals surface area contributed by atoms with Gasteiger partial charge in [-0.2, -0.15) is 0 Å². The van der Waals surface area contributed by atoms with E-state index in [0.717, 1.165) is 39.4 Å². The second kappa shape index (κ2) is 9.59. The molecule has 0 spiro atoms. The number of rotatable bonds is 3. The van der Waals surface area contributed by atoms with Crippen molar-refractivity contribution < 1.29 is 4.74 Å². The minimum atomic E-state index is 0. The fourth-order valence-electron chi connectivity index (χ4n) is 3.32. The van der Waals surface area contributed by atoms with Gasteiger partial charge in [0.15, 0.2) is 0 Å². The summed E-state index contributed by atoms with van der Waals surface area (Å²) < 4.78 is 5.53. The molecule has 2 aliphatic rings. The lowest BCUT2D eigenvalue weighted by Gasteiger charge is -2.41.